The van der Waals surface area contributed by atoms with Gasteiger partial charge in [0, 0.05) is 30.1 Å². The summed E-state index contributed by atoms with van der Waals surface area (Å²) in [5.41, 5.74) is 1.89. The van der Waals surface area contributed by atoms with E-state index in [9.17, 15) is 0 Å². The Morgan fingerprint density at radius 3 is 3.00 bits per heavy atom. The molecule has 0 aliphatic heterocycles. The number of tetrazole rings is 1. The fraction of sp³-hybridized carbons (Fsp3) is 0.500. The molecule has 0 aliphatic carbocycles. The molecule has 108 valence electrons. The van der Waals surface area contributed by atoms with E-state index in [1.807, 2.05) is 26.1 Å². The smallest absolute Gasteiger partial charge is 0.209 e. The minimum atomic E-state index is 0.706. The van der Waals surface area contributed by atoms with Gasteiger partial charge in [0.1, 0.15) is 5.75 Å². The highest BCUT2D eigenvalue weighted by atomic mass is 32.2. The third-order valence-corrected chi connectivity index (χ3v) is 3.63. The average Bonchev–Trinajstić information content (AvgIpc) is 2.89. The second-order valence-corrected chi connectivity index (χ2v) is 5.16. The first-order chi connectivity index (χ1) is 9.72. The quantitative estimate of drug-likeness (QED) is 0.760. The minimum absolute atomic E-state index is 0.706. The van der Waals surface area contributed by atoms with Crippen molar-refractivity contribution in [1.82, 2.24) is 30.5 Å². The Labute approximate surface area is 122 Å². The van der Waals surface area contributed by atoms with Crippen molar-refractivity contribution in [1.29, 1.82) is 0 Å². The van der Waals surface area contributed by atoms with Gasteiger partial charge >= 0.3 is 0 Å². The fourth-order valence-electron chi connectivity index (χ4n) is 1.69. The van der Waals surface area contributed by atoms with Gasteiger partial charge in [-0.2, -0.15) is 0 Å². The summed E-state index contributed by atoms with van der Waals surface area (Å²) in [6.45, 7) is 3.53. The van der Waals surface area contributed by atoms with Crippen LogP contribution in [0.5, 0.6) is 5.75 Å². The molecule has 0 aliphatic rings. The van der Waals surface area contributed by atoms with E-state index in [0.717, 1.165) is 35.4 Å². The van der Waals surface area contributed by atoms with Gasteiger partial charge in [-0.15, -0.1) is 5.10 Å². The maximum atomic E-state index is 5.25. The number of aromatic nitrogens is 5. The van der Waals surface area contributed by atoms with E-state index in [4.69, 9.17) is 4.74 Å². The number of methoxy groups -OCH3 is 1. The number of ether oxygens (including phenoxy) is 1. The molecule has 0 bridgehead atoms. The first kappa shape index (κ1) is 14.7. The molecule has 1 N–H and O–H groups in total. The Morgan fingerprint density at radius 2 is 2.25 bits per heavy atom. The number of thioether (sulfide) groups is 1. The van der Waals surface area contributed by atoms with Gasteiger partial charge < -0.3 is 10.1 Å². The van der Waals surface area contributed by atoms with Crippen LogP contribution in [0.15, 0.2) is 17.3 Å². The van der Waals surface area contributed by atoms with Crippen molar-refractivity contribution in [2.24, 2.45) is 0 Å². The molecule has 8 heteroatoms. The molecule has 7 nitrogen and oxygen atoms in total. The zero-order chi connectivity index (χ0) is 14.4. The molecule has 20 heavy (non-hydrogen) atoms. The van der Waals surface area contributed by atoms with Gasteiger partial charge in [-0.25, -0.2) is 4.68 Å². The van der Waals surface area contributed by atoms with Crippen LogP contribution in [-0.4, -0.2) is 45.9 Å². The van der Waals surface area contributed by atoms with Gasteiger partial charge in [0.25, 0.3) is 0 Å². The van der Waals surface area contributed by atoms with Crippen molar-refractivity contribution in [2.45, 2.75) is 24.4 Å². The molecule has 0 amide bonds. The zero-order valence-corrected chi connectivity index (χ0v) is 12.6. The standard InChI is InChI=1S/C12H18N6OS/c1-9-6-11(19-3)7-10(14-9)8-20-12-15-16-17-18(12)5-4-13-2/h6-7,13H,4-5,8H2,1-3H3. The summed E-state index contributed by atoms with van der Waals surface area (Å²) in [6, 6.07) is 3.84. The van der Waals surface area contributed by atoms with Gasteiger partial charge in [-0.1, -0.05) is 11.8 Å². The van der Waals surface area contributed by atoms with Gasteiger partial charge in [0.2, 0.25) is 5.16 Å². The van der Waals surface area contributed by atoms with Crippen LogP contribution in [0.25, 0.3) is 0 Å². The molecule has 0 aromatic carbocycles. The monoisotopic (exact) mass is 294 g/mol. The average molecular weight is 294 g/mol. The molecule has 0 spiro atoms. The molecular formula is C12H18N6OS. The number of rotatable bonds is 7. The van der Waals surface area contributed by atoms with Crippen molar-refractivity contribution in [3.63, 3.8) is 0 Å². The SMILES string of the molecule is CNCCn1nnnc1SCc1cc(OC)cc(C)n1. The molecular weight excluding hydrogens is 276 g/mol. The third kappa shape index (κ3) is 3.91. The summed E-state index contributed by atoms with van der Waals surface area (Å²) in [5.74, 6) is 1.53. The van der Waals surface area contributed by atoms with Crippen LogP contribution >= 0.6 is 11.8 Å². The maximum Gasteiger partial charge on any atom is 0.209 e. The Kier molecular flexibility index (Phi) is 5.31. The third-order valence-electron chi connectivity index (χ3n) is 2.64. The van der Waals surface area contributed by atoms with E-state index in [1.165, 1.54) is 0 Å². The lowest BCUT2D eigenvalue weighted by molar-refractivity contribution is 0.413. The largest absolute Gasteiger partial charge is 0.497 e. The molecule has 0 fully saturated rings. The van der Waals surface area contributed by atoms with E-state index in [-0.39, 0.29) is 0 Å². The molecule has 2 heterocycles. The zero-order valence-electron chi connectivity index (χ0n) is 11.8. The summed E-state index contributed by atoms with van der Waals surface area (Å²) in [6.07, 6.45) is 0. The Bertz CT molecular complexity index is 559. The summed E-state index contributed by atoms with van der Waals surface area (Å²) >= 11 is 1.57. The molecule has 2 rings (SSSR count). The lowest BCUT2D eigenvalue weighted by atomic mass is 10.3. The summed E-state index contributed by atoms with van der Waals surface area (Å²) in [5, 5.41) is 15.6. The minimum Gasteiger partial charge on any atom is -0.497 e. The van der Waals surface area contributed by atoms with E-state index in [2.05, 4.69) is 25.8 Å². The van der Waals surface area contributed by atoms with Gasteiger partial charge in [0.05, 0.1) is 19.3 Å². The number of hydrogen-bond donors (Lipinski definition) is 1. The van der Waals surface area contributed by atoms with Crippen LogP contribution in [0.1, 0.15) is 11.4 Å². The van der Waals surface area contributed by atoms with Gasteiger partial charge in [-0.05, 0) is 24.4 Å². The predicted molar refractivity (Wildman–Crippen MR) is 76.8 cm³/mol. The van der Waals surface area contributed by atoms with Crippen molar-refractivity contribution in [3.05, 3.63) is 23.5 Å². The summed E-state index contributed by atoms with van der Waals surface area (Å²) < 4.78 is 7.03. The number of hydrogen-bond acceptors (Lipinski definition) is 7. The van der Waals surface area contributed by atoms with Crippen LogP contribution in [-0.2, 0) is 12.3 Å². The molecule has 0 atom stereocenters. The van der Waals surface area contributed by atoms with E-state index in [1.54, 1.807) is 23.6 Å². The predicted octanol–water partition coefficient (Wildman–Crippen LogP) is 0.897. The van der Waals surface area contributed by atoms with Crippen molar-refractivity contribution >= 4 is 11.8 Å². The normalized spacial score (nSPS) is 10.8. The van der Waals surface area contributed by atoms with Crippen molar-refractivity contribution in [3.8, 4) is 5.75 Å². The van der Waals surface area contributed by atoms with E-state index < -0.39 is 0 Å². The van der Waals surface area contributed by atoms with E-state index in [0.29, 0.717) is 5.75 Å². The topological polar surface area (TPSA) is 77.8 Å². The highest BCUT2D eigenvalue weighted by Crippen LogP contribution is 2.21. The Morgan fingerprint density at radius 1 is 1.40 bits per heavy atom. The second-order valence-electron chi connectivity index (χ2n) is 4.22. The molecule has 0 saturated carbocycles. The Balaban J connectivity index is 2.01. The molecule has 0 radical (unpaired) electrons. The van der Waals surface area contributed by atoms with Crippen molar-refractivity contribution < 1.29 is 4.74 Å². The molecule has 2 aromatic heterocycles. The Hall–Kier alpha value is -1.67. The van der Waals surface area contributed by atoms with Crippen LogP contribution in [0.4, 0.5) is 0 Å². The van der Waals surface area contributed by atoms with Gasteiger partial charge in [0.15, 0.2) is 0 Å². The van der Waals surface area contributed by atoms with Crippen LogP contribution in [0, 0.1) is 6.92 Å². The van der Waals surface area contributed by atoms with Gasteiger partial charge in [-0.3, -0.25) is 4.98 Å². The maximum absolute atomic E-state index is 5.25. The highest BCUT2D eigenvalue weighted by molar-refractivity contribution is 7.98. The number of pyridine rings is 1. The van der Waals surface area contributed by atoms with Crippen molar-refractivity contribution in [2.75, 3.05) is 20.7 Å². The summed E-state index contributed by atoms with van der Waals surface area (Å²) in [7, 11) is 3.56. The van der Waals surface area contributed by atoms with Crippen LogP contribution in [0.2, 0.25) is 0 Å². The van der Waals surface area contributed by atoms with Crippen LogP contribution < -0.4 is 10.1 Å². The highest BCUT2D eigenvalue weighted by Gasteiger charge is 2.08. The van der Waals surface area contributed by atoms with E-state index >= 15 is 0 Å². The fourth-order valence-corrected chi connectivity index (χ4v) is 2.49. The summed E-state index contributed by atoms with van der Waals surface area (Å²) in [4.78, 5) is 4.48. The van der Waals surface area contributed by atoms with Crippen LogP contribution in [0.3, 0.4) is 0 Å². The molecule has 0 saturated heterocycles. The number of aryl methyl sites for hydroxylation is 1. The molecule has 2 aromatic rings. The number of nitrogens with one attached hydrogen (secondary N) is 1. The first-order valence-electron chi connectivity index (χ1n) is 6.28. The lowest BCUT2D eigenvalue weighted by Gasteiger charge is -2.06. The second kappa shape index (κ2) is 7.20. The molecule has 0 unspecified atom stereocenters. The lowest BCUT2D eigenvalue weighted by Crippen LogP contribution is -2.16. The number of nitrogens with zero attached hydrogens (tertiary/aromatic N) is 5. The first-order valence-corrected chi connectivity index (χ1v) is 7.26. The number of likely N-dealkylation sites (N-methyl/N-ethyl adjacent to an activating group) is 1.